The van der Waals surface area contributed by atoms with Crippen LogP contribution in [0.25, 0.3) is 0 Å². The molecular weight excluding hydrogens is 334 g/mol. The molecule has 2 heterocycles. The second-order valence-corrected chi connectivity index (χ2v) is 7.18. The molecule has 1 aliphatic rings. The Kier molecular flexibility index (Phi) is 4.45. The Hall–Kier alpha value is -2.52. The quantitative estimate of drug-likeness (QED) is 0.726. The third-order valence-corrected chi connectivity index (χ3v) is 5.01. The number of sulfonamides is 1. The highest BCUT2D eigenvalue weighted by Crippen LogP contribution is 2.22. The second-order valence-electron chi connectivity index (χ2n) is 5.25. The first-order valence-corrected chi connectivity index (χ1v) is 8.93. The molecule has 0 bridgehead atoms. The lowest BCUT2D eigenvalue weighted by Gasteiger charge is -2.14. The highest BCUT2D eigenvalue weighted by Gasteiger charge is 2.35. The molecule has 0 saturated heterocycles. The van der Waals surface area contributed by atoms with Crippen molar-refractivity contribution in [3.63, 3.8) is 0 Å². The third-order valence-electron chi connectivity index (χ3n) is 3.65. The molecule has 0 unspecified atom stereocenters. The summed E-state index contributed by atoms with van der Waals surface area (Å²) in [6.07, 6.45) is 3.10. The maximum absolute atomic E-state index is 12.2. The zero-order valence-electron chi connectivity index (χ0n) is 12.6. The molecule has 1 aromatic heterocycles. The van der Waals surface area contributed by atoms with Crippen molar-refractivity contribution in [2.45, 2.75) is 6.42 Å². The van der Waals surface area contributed by atoms with Gasteiger partial charge in [0.25, 0.3) is 11.8 Å². The summed E-state index contributed by atoms with van der Waals surface area (Å²) in [5.74, 6) is -1.28. The third kappa shape index (κ3) is 3.36. The van der Waals surface area contributed by atoms with Crippen LogP contribution in [0.2, 0.25) is 0 Å². The number of rotatable bonds is 7. The molecule has 9 heteroatoms. The van der Waals surface area contributed by atoms with Crippen LogP contribution in [-0.4, -0.2) is 49.0 Å². The predicted octanol–water partition coefficient (Wildman–Crippen LogP) is 0.433. The average Bonchev–Trinajstić information content (AvgIpc) is 3.15. The summed E-state index contributed by atoms with van der Waals surface area (Å²) in [4.78, 5) is 29.2. The number of carbonyl (C=O) groups is 2. The van der Waals surface area contributed by atoms with E-state index in [0.717, 1.165) is 4.90 Å². The van der Waals surface area contributed by atoms with Crippen LogP contribution >= 0.6 is 0 Å². The highest BCUT2D eigenvalue weighted by molar-refractivity contribution is 7.89. The van der Waals surface area contributed by atoms with Crippen molar-refractivity contribution in [2.75, 3.05) is 18.8 Å². The van der Waals surface area contributed by atoms with E-state index >= 15 is 0 Å². The zero-order chi connectivity index (χ0) is 17.2. The molecule has 2 aromatic rings. The first-order valence-electron chi connectivity index (χ1n) is 7.27. The van der Waals surface area contributed by atoms with Crippen LogP contribution in [0.5, 0.6) is 0 Å². The maximum Gasteiger partial charge on any atom is 0.261 e. The van der Waals surface area contributed by atoms with Crippen molar-refractivity contribution < 1.29 is 22.4 Å². The first-order chi connectivity index (χ1) is 11.5. The minimum Gasteiger partial charge on any atom is -0.451 e. The number of imide groups is 1. The van der Waals surface area contributed by atoms with Gasteiger partial charge in [0.1, 0.15) is 6.26 Å². The summed E-state index contributed by atoms with van der Waals surface area (Å²) in [6.45, 7) is -0.0252. The molecular formula is C15H15N3O5S. The van der Waals surface area contributed by atoms with Gasteiger partial charge in [0.05, 0.1) is 22.6 Å². The van der Waals surface area contributed by atoms with Crippen molar-refractivity contribution in [1.29, 1.82) is 0 Å². The molecule has 0 fully saturated rings. The van der Waals surface area contributed by atoms with Gasteiger partial charge in [-0.1, -0.05) is 12.1 Å². The summed E-state index contributed by atoms with van der Waals surface area (Å²) in [6, 6.07) is 6.44. The Morgan fingerprint density at radius 1 is 1.12 bits per heavy atom. The summed E-state index contributed by atoms with van der Waals surface area (Å²) in [7, 11) is -3.61. The number of nitrogens with one attached hydrogen (secondary N) is 1. The summed E-state index contributed by atoms with van der Waals surface area (Å²) < 4.78 is 31.2. The average molecular weight is 349 g/mol. The number of fused-ring (bicyclic) bond motifs is 1. The van der Waals surface area contributed by atoms with Gasteiger partial charge in [0, 0.05) is 19.5 Å². The molecule has 0 spiro atoms. The number of amides is 2. The van der Waals surface area contributed by atoms with E-state index in [0.29, 0.717) is 23.2 Å². The first kappa shape index (κ1) is 16.3. The topological polar surface area (TPSA) is 110 Å². The van der Waals surface area contributed by atoms with Crippen LogP contribution in [-0.2, 0) is 16.4 Å². The number of aromatic nitrogens is 1. The van der Waals surface area contributed by atoms with E-state index in [1.807, 2.05) is 0 Å². The Labute approximate surface area is 138 Å². The minimum atomic E-state index is -3.61. The van der Waals surface area contributed by atoms with Crippen molar-refractivity contribution >= 4 is 21.8 Å². The second kappa shape index (κ2) is 6.54. The van der Waals surface area contributed by atoms with Gasteiger partial charge in [0.2, 0.25) is 10.0 Å². The molecule has 0 atom stereocenters. The monoisotopic (exact) mass is 349 g/mol. The van der Waals surface area contributed by atoms with Crippen LogP contribution < -0.4 is 4.72 Å². The van der Waals surface area contributed by atoms with E-state index in [1.165, 1.54) is 12.7 Å². The van der Waals surface area contributed by atoms with Gasteiger partial charge in [-0.15, -0.1) is 0 Å². The van der Waals surface area contributed by atoms with E-state index in [-0.39, 0.29) is 18.8 Å². The molecule has 2 amide bonds. The lowest BCUT2D eigenvalue weighted by atomic mass is 10.1. The van der Waals surface area contributed by atoms with Gasteiger partial charge in [0.15, 0.2) is 6.39 Å². The van der Waals surface area contributed by atoms with Gasteiger partial charge in [-0.25, -0.2) is 18.1 Å². The van der Waals surface area contributed by atoms with E-state index in [9.17, 15) is 18.0 Å². The van der Waals surface area contributed by atoms with Gasteiger partial charge >= 0.3 is 0 Å². The predicted molar refractivity (Wildman–Crippen MR) is 83.8 cm³/mol. The van der Waals surface area contributed by atoms with E-state index in [4.69, 9.17) is 4.42 Å². The van der Waals surface area contributed by atoms with Crippen molar-refractivity contribution in [2.24, 2.45) is 0 Å². The summed E-state index contributed by atoms with van der Waals surface area (Å²) in [5, 5.41) is 0. The molecule has 1 N–H and O–H groups in total. The fourth-order valence-electron chi connectivity index (χ4n) is 2.42. The molecule has 0 saturated carbocycles. The number of hydrogen-bond donors (Lipinski definition) is 1. The SMILES string of the molecule is O=C1c2ccccc2C(=O)N1CCS(=O)(=O)NCCc1cocn1. The molecule has 24 heavy (non-hydrogen) atoms. The van der Waals surface area contributed by atoms with Gasteiger partial charge in [-0.3, -0.25) is 14.5 Å². The van der Waals surface area contributed by atoms with Crippen LogP contribution in [0.15, 0.2) is 41.3 Å². The number of benzene rings is 1. The number of oxazole rings is 1. The Morgan fingerprint density at radius 3 is 2.38 bits per heavy atom. The number of hydrogen-bond acceptors (Lipinski definition) is 6. The van der Waals surface area contributed by atoms with Crippen LogP contribution in [0.3, 0.4) is 0 Å². The smallest absolute Gasteiger partial charge is 0.261 e. The Balaban J connectivity index is 1.55. The highest BCUT2D eigenvalue weighted by atomic mass is 32.2. The Bertz CT molecular complexity index is 826. The van der Waals surface area contributed by atoms with Crippen molar-refractivity contribution in [3.05, 3.63) is 53.7 Å². The molecule has 0 aliphatic carbocycles. The lowest BCUT2D eigenvalue weighted by Crippen LogP contribution is -2.38. The van der Waals surface area contributed by atoms with Gasteiger partial charge < -0.3 is 4.42 Å². The van der Waals surface area contributed by atoms with Crippen LogP contribution in [0, 0.1) is 0 Å². The minimum absolute atomic E-state index is 0.164. The number of carbonyl (C=O) groups excluding carboxylic acids is 2. The zero-order valence-corrected chi connectivity index (χ0v) is 13.5. The fourth-order valence-corrected chi connectivity index (χ4v) is 3.40. The van der Waals surface area contributed by atoms with E-state index in [1.54, 1.807) is 24.3 Å². The lowest BCUT2D eigenvalue weighted by molar-refractivity contribution is 0.0664. The molecule has 1 aromatic carbocycles. The summed E-state index contributed by atoms with van der Waals surface area (Å²) >= 11 is 0. The van der Waals surface area contributed by atoms with E-state index < -0.39 is 21.8 Å². The molecule has 1 aliphatic heterocycles. The number of nitrogens with zero attached hydrogens (tertiary/aromatic N) is 2. The van der Waals surface area contributed by atoms with Gasteiger partial charge in [-0.2, -0.15) is 0 Å². The molecule has 126 valence electrons. The molecule has 0 radical (unpaired) electrons. The fraction of sp³-hybridized carbons (Fsp3) is 0.267. The standard InChI is InChI=1S/C15H15N3O5S/c19-14-12-3-1-2-4-13(12)15(20)18(14)7-8-24(21,22)17-6-5-11-9-23-10-16-11/h1-4,9-10,17H,5-8H2. The summed E-state index contributed by atoms with van der Waals surface area (Å²) in [5.41, 5.74) is 1.25. The van der Waals surface area contributed by atoms with Crippen LogP contribution in [0.1, 0.15) is 26.4 Å². The van der Waals surface area contributed by atoms with Crippen molar-refractivity contribution in [1.82, 2.24) is 14.6 Å². The maximum atomic E-state index is 12.2. The van der Waals surface area contributed by atoms with Crippen molar-refractivity contribution in [3.8, 4) is 0 Å². The molecule has 8 nitrogen and oxygen atoms in total. The largest absolute Gasteiger partial charge is 0.451 e. The Morgan fingerprint density at radius 2 is 1.79 bits per heavy atom. The van der Waals surface area contributed by atoms with E-state index in [2.05, 4.69) is 9.71 Å². The normalized spacial score (nSPS) is 14.2. The van der Waals surface area contributed by atoms with Crippen LogP contribution in [0.4, 0.5) is 0 Å². The van der Waals surface area contributed by atoms with Gasteiger partial charge in [-0.05, 0) is 12.1 Å². The molecule has 3 rings (SSSR count).